The van der Waals surface area contributed by atoms with E-state index in [-0.39, 0.29) is 22.2 Å². The summed E-state index contributed by atoms with van der Waals surface area (Å²) < 4.78 is 15.5. The van der Waals surface area contributed by atoms with Gasteiger partial charge in [-0.1, -0.05) is 11.6 Å². The lowest BCUT2D eigenvalue weighted by Gasteiger charge is -2.40. The van der Waals surface area contributed by atoms with Crippen molar-refractivity contribution in [2.45, 2.75) is 50.9 Å². The minimum absolute atomic E-state index is 0.199. The molecule has 1 spiro atoms. The van der Waals surface area contributed by atoms with Gasteiger partial charge >= 0.3 is 0 Å². The Morgan fingerprint density at radius 3 is 2.50 bits per heavy atom. The molecule has 1 aromatic rings. The van der Waals surface area contributed by atoms with Gasteiger partial charge in [-0.25, -0.2) is 4.39 Å². The minimum atomic E-state index is -1.24. The van der Waals surface area contributed by atoms with Gasteiger partial charge in [0.05, 0.1) is 5.02 Å². The number of rotatable bonds is 0. The summed E-state index contributed by atoms with van der Waals surface area (Å²) in [6, 6.07) is 1.51. The molecule has 4 nitrogen and oxygen atoms in total. The van der Waals surface area contributed by atoms with Gasteiger partial charge in [-0.2, -0.15) is 0 Å². The fraction of sp³-hybridized carbons (Fsp3) is 0.571. The first kappa shape index (κ1) is 13.6. The van der Waals surface area contributed by atoms with Crippen LogP contribution in [0.5, 0.6) is 0 Å². The topological polar surface area (TPSA) is 51.1 Å². The van der Waals surface area contributed by atoms with Crippen molar-refractivity contribution in [1.82, 2.24) is 9.88 Å². The molecule has 1 N–H and O–H groups in total. The van der Waals surface area contributed by atoms with E-state index in [1.165, 1.54) is 10.6 Å². The van der Waals surface area contributed by atoms with E-state index in [0.717, 1.165) is 0 Å². The highest BCUT2D eigenvalue weighted by Crippen LogP contribution is 2.42. The lowest BCUT2D eigenvalue weighted by Crippen LogP contribution is -2.51. The molecule has 0 aromatic carbocycles. The monoisotopic (exact) mass is 298 g/mol. The van der Waals surface area contributed by atoms with E-state index in [0.29, 0.717) is 31.2 Å². The highest BCUT2D eigenvalue weighted by molar-refractivity contribution is 6.33. The molecule has 20 heavy (non-hydrogen) atoms. The molecule has 6 heteroatoms. The Kier molecular flexibility index (Phi) is 2.77. The van der Waals surface area contributed by atoms with Crippen LogP contribution in [0.2, 0.25) is 5.02 Å². The molecule has 1 fully saturated rings. The molecule has 2 aliphatic rings. The minimum Gasteiger partial charge on any atom is -0.327 e. The third kappa shape index (κ3) is 1.79. The van der Waals surface area contributed by atoms with Crippen LogP contribution >= 0.6 is 11.6 Å². The number of aryl methyl sites for hydroxylation is 1. The van der Waals surface area contributed by atoms with Gasteiger partial charge < -0.3 is 5.32 Å². The summed E-state index contributed by atoms with van der Waals surface area (Å²) >= 11 is 6.11. The number of fused-ring (bicyclic) bond motifs is 2. The van der Waals surface area contributed by atoms with E-state index in [1.54, 1.807) is 13.8 Å². The molecule has 108 valence electrons. The Balaban J connectivity index is 2.17. The number of halogens is 2. The Morgan fingerprint density at radius 2 is 1.90 bits per heavy atom. The summed E-state index contributed by atoms with van der Waals surface area (Å²) in [5.41, 5.74) is -1.60. The predicted octanol–water partition coefficient (Wildman–Crippen LogP) is 2.51. The summed E-state index contributed by atoms with van der Waals surface area (Å²) in [6.45, 7) is 3.23. The Morgan fingerprint density at radius 1 is 1.30 bits per heavy atom. The van der Waals surface area contributed by atoms with E-state index in [1.807, 2.05) is 0 Å². The standard InChI is InChI=1S/C14H16ClFN2O2/c1-8-7-9(15)10-11(19)17-14(18(10)12(8)20)5-3-13(2,16)4-6-14/h7H,3-6H2,1-2H3,(H,17,19). The molecule has 2 heterocycles. The maximum atomic E-state index is 14.0. The molecule has 0 saturated heterocycles. The highest BCUT2D eigenvalue weighted by atomic mass is 35.5. The second-order valence-electron chi connectivity index (χ2n) is 6.06. The van der Waals surface area contributed by atoms with Crippen LogP contribution in [0, 0.1) is 6.92 Å². The zero-order valence-corrected chi connectivity index (χ0v) is 12.2. The van der Waals surface area contributed by atoms with Crippen molar-refractivity contribution in [3.05, 3.63) is 32.7 Å². The summed E-state index contributed by atoms with van der Waals surface area (Å²) in [6.07, 6.45) is 1.42. The zero-order valence-electron chi connectivity index (χ0n) is 11.4. The van der Waals surface area contributed by atoms with Gasteiger partial charge in [0, 0.05) is 5.56 Å². The first-order chi connectivity index (χ1) is 9.26. The van der Waals surface area contributed by atoms with Crippen molar-refractivity contribution in [3.8, 4) is 0 Å². The fourth-order valence-electron chi connectivity index (χ4n) is 3.18. The van der Waals surface area contributed by atoms with Crippen molar-refractivity contribution >= 4 is 17.5 Å². The quantitative estimate of drug-likeness (QED) is 0.800. The van der Waals surface area contributed by atoms with Gasteiger partial charge in [0.25, 0.3) is 11.5 Å². The first-order valence-corrected chi connectivity index (χ1v) is 7.08. The Labute approximate surface area is 120 Å². The molecule has 3 rings (SSSR count). The van der Waals surface area contributed by atoms with E-state index < -0.39 is 11.3 Å². The van der Waals surface area contributed by atoms with Crippen molar-refractivity contribution in [2.75, 3.05) is 0 Å². The Bertz CT molecular complexity index is 656. The normalized spacial score (nSPS) is 32.3. The van der Waals surface area contributed by atoms with Crippen LogP contribution in [-0.4, -0.2) is 16.1 Å². The van der Waals surface area contributed by atoms with E-state index in [2.05, 4.69) is 5.32 Å². The van der Waals surface area contributed by atoms with Gasteiger partial charge in [0.15, 0.2) is 0 Å². The zero-order chi connectivity index (χ0) is 14.7. The van der Waals surface area contributed by atoms with Crippen LogP contribution in [0.25, 0.3) is 0 Å². The summed E-state index contributed by atoms with van der Waals surface area (Å²) in [4.78, 5) is 24.5. The molecule has 0 unspecified atom stereocenters. The van der Waals surface area contributed by atoms with Crippen molar-refractivity contribution in [1.29, 1.82) is 0 Å². The van der Waals surface area contributed by atoms with Gasteiger partial charge in [-0.3, -0.25) is 14.2 Å². The molecule has 0 bridgehead atoms. The molecule has 0 radical (unpaired) electrons. The summed E-state index contributed by atoms with van der Waals surface area (Å²) in [5, 5.41) is 3.12. The highest BCUT2D eigenvalue weighted by Gasteiger charge is 2.49. The number of carbonyl (C=O) groups excluding carboxylic acids is 1. The Hall–Kier alpha value is -1.36. The van der Waals surface area contributed by atoms with Gasteiger partial charge in [-0.05, 0) is 45.6 Å². The second kappa shape index (κ2) is 4.07. The smallest absolute Gasteiger partial charge is 0.271 e. The van der Waals surface area contributed by atoms with Gasteiger partial charge in [0.2, 0.25) is 0 Å². The van der Waals surface area contributed by atoms with Crippen molar-refractivity contribution in [2.24, 2.45) is 0 Å². The van der Waals surface area contributed by atoms with Crippen molar-refractivity contribution < 1.29 is 9.18 Å². The third-order valence-corrected chi connectivity index (χ3v) is 4.73. The molecule has 1 aromatic heterocycles. The molecular weight excluding hydrogens is 283 g/mol. The van der Waals surface area contributed by atoms with E-state index >= 15 is 0 Å². The fourth-order valence-corrected chi connectivity index (χ4v) is 3.52. The van der Waals surface area contributed by atoms with Crippen LogP contribution in [0.3, 0.4) is 0 Å². The number of hydrogen-bond acceptors (Lipinski definition) is 2. The first-order valence-electron chi connectivity index (χ1n) is 6.70. The van der Waals surface area contributed by atoms with E-state index in [9.17, 15) is 14.0 Å². The molecule has 1 amide bonds. The number of nitrogens with zero attached hydrogens (tertiary/aromatic N) is 1. The number of aromatic nitrogens is 1. The number of carbonyl (C=O) groups is 1. The van der Waals surface area contributed by atoms with Crippen LogP contribution in [0.4, 0.5) is 4.39 Å². The second-order valence-corrected chi connectivity index (χ2v) is 6.47. The summed E-state index contributed by atoms with van der Waals surface area (Å²) in [7, 11) is 0. The lowest BCUT2D eigenvalue weighted by molar-refractivity contribution is 0.0442. The number of amides is 1. The number of alkyl halides is 1. The van der Waals surface area contributed by atoms with E-state index in [4.69, 9.17) is 11.6 Å². The molecule has 1 aliphatic heterocycles. The van der Waals surface area contributed by atoms with Crippen LogP contribution in [0.1, 0.15) is 48.7 Å². The lowest BCUT2D eigenvalue weighted by atomic mass is 9.80. The largest absolute Gasteiger partial charge is 0.327 e. The molecular formula is C14H16ClFN2O2. The third-order valence-electron chi connectivity index (χ3n) is 4.44. The van der Waals surface area contributed by atoms with Crippen molar-refractivity contribution in [3.63, 3.8) is 0 Å². The van der Waals surface area contributed by atoms with Gasteiger partial charge in [0.1, 0.15) is 17.0 Å². The van der Waals surface area contributed by atoms with Gasteiger partial charge in [-0.15, -0.1) is 0 Å². The predicted molar refractivity (Wildman–Crippen MR) is 73.9 cm³/mol. The number of pyridine rings is 1. The molecule has 0 atom stereocenters. The maximum Gasteiger partial charge on any atom is 0.271 e. The van der Waals surface area contributed by atoms with Crippen LogP contribution in [-0.2, 0) is 5.66 Å². The van der Waals surface area contributed by atoms with Crippen LogP contribution < -0.4 is 10.9 Å². The molecule has 1 aliphatic carbocycles. The van der Waals surface area contributed by atoms with Crippen LogP contribution in [0.15, 0.2) is 10.9 Å². The molecule has 1 saturated carbocycles. The average Bonchev–Trinajstić information content (AvgIpc) is 2.65. The maximum absolute atomic E-state index is 14.0. The number of hydrogen-bond donors (Lipinski definition) is 1. The SMILES string of the molecule is Cc1cc(Cl)c2n(c1=O)C1(CCC(C)(F)CC1)NC2=O. The number of nitrogens with one attached hydrogen (secondary N) is 1. The average molecular weight is 299 g/mol. The summed E-state index contributed by atoms with van der Waals surface area (Å²) in [5.74, 6) is -0.352.